The number of thioether (sulfide) groups is 1. The number of carbonyl (C=O) groups is 1. The van der Waals surface area contributed by atoms with Crippen LogP contribution in [0.1, 0.15) is 24.8 Å². The Kier molecular flexibility index (Phi) is 6.86. The SMILES string of the molecule is CCn1ncc2ccc(N(Cc3ccc(-c4nnc(C(F)F)o4)cc3F)C(=O)N3CCSCC3)cc21. The first kappa shape index (κ1) is 24.2. The molecule has 0 bridgehead atoms. The zero-order chi connectivity index (χ0) is 25.2. The number of alkyl halides is 2. The second kappa shape index (κ2) is 10.2. The van der Waals surface area contributed by atoms with E-state index in [1.807, 2.05) is 29.8 Å². The zero-order valence-electron chi connectivity index (χ0n) is 19.4. The van der Waals surface area contributed by atoms with Crippen LogP contribution in [0.5, 0.6) is 0 Å². The van der Waals surface area contributed by atoms with Crippen LogP contribution in [0, 0.1) is 5.82 Å². The molecule has 0 radical (unpaired) electrons. The van der Waals surface area contributed by atoms with Gasteiger partial charge in [0.2, 0.25) is 5.89 Å². The molecule has 1 aliphatic heterocycles. The highest BCUT2D eigenvalue weighted by Crippen LogP contribution is 2.29. The van der Waals surface area contributed by atoms with Crippen LogP contribution in [-0.4, -0.2) is 55.5 Å². The number of aryl methyl sites for hydroxylation is 1. The van der Waals surface area contributed by atoms with E-state index in [0.717, 1.165) is 28.5 Å². The lowest BCUT2D eigenvalue weighted by Gasteiger charge is -2.33. The normalized spacial score (nSPS) is 14.1. The molecule has 1 aliphatic rings. The number of hydrogen-bond acceptors (Lipinski definition) is 6. The molecular weight excluding hydrogens is 493 g/mol. The number of amides is 2. The molecule has 5 rings (SSSR count). The zero-order valence-corrected chi connectivity index (χ0v) is 20.2. The number of anilines is 1. The molecule has 0 spiro atoms. The predicted molar refractivity (Wildman–Crippen MR) is 131 cm³/mol. The summed E-state index contributed by atoms with van der Waals surface area (Å²) in [5.41, 5.74) is 1.94. The van der Waals surface area contributed by atoms with Crippen molar-refractivity contribution in [2.45, 2.75) is 26.4 Å². The molecule has 1 saturated heterocycles. The van der Waals surface area contributed by atoms with E-state index in [0.29, 0.717) is 25.3 Å². The van der Waals surface area contributed by atoms with Gasteiger partial charge in [0.25, 0.3) is 5.89 Å². The Bertz CT molecular complexity index is 1390. The molecule has 2 aromatic carbocycles. The number of nitrogens with zero attached hydrogens (tertiary/aromatic N) is 6. The van der Waals surface area contributed by atoms with Crippen LogP contribution in [-0.2, 0) is 13.1 Å². The van der Waals surface area contributed by atoms with Crippen molar-refractivity contribution in [1.29, 1.82) is 0 Å². The van der Waals surface area contributed by atoms with Crippen molar-refractivity contribution in [3.05, 3.63) is 59.9 Å². The highest BCUT2D eigenvalue weighted by molar-refractivity contribution is 7.99. The molecule has 0 saturated carbocycles. The summed E-state index contributed by atoms with van der Waals surface area (Å²) in [5, 5.41) is 12.2. The molecule has 4 aromatic rings. The summed E-state index contributed by atoms with van der Waals surface area (Å²) < 4.78 is 47.5. The van der Waals surface area contributed by atoms with Crippen molar-refractivity contribution < 1.29 is 22.4 Å². The summed E-state index contributed by atoms with van der Waals surface area (Å²) in [7, 11) is 0. The van der Waals surface area contributed by atoms with E-state index < -0.39 is 18.1 Å². The quantitative estimate of drug-likeness (QED) is 0.343. The standard InChI is InChI=1S/C24H23F3N6O2S/c1-2-33-20-12-18(6-5-16(20)13-28-33)32(24(34)31-7-9-36-10-8-31)14-17-4-3-15(11-19(17)25)22-29-30-23(35-22)21(26)27/h3-6,11-13,21H,2,7-10,14H2,1H3. The lowest BCUT2D eigenvalue weighted by atomic mass is 10.1. The molecule has 0 unspecified atom stereocenters. The van der Waals surface area contributed by atoms with Crippen LogP contribution < -0.4 is 4.90 Å². The Hall–Kier alpha value is -3.54. The molecule has 8 nitrogen and oxygen atoms in total. The molecule has 3 heterocycles. The van der Waals surface area contributed by atoms with Crippen LogP contribution in [0.15, 0.2) is 47.0 Å². The maximum atomic E-state index is 15.2. The third-order valence-electron chi connectivity index (χ3n) is 6.01. The minimum atomic E-state index is -2.91. The van der Waals surface area contributed by atoms with Gasteiger partial charge < -0.3 is 9.32 Å². The van der Waals surface area contributed by atoms with E-state index >= 15 is 4.39 Å². The molecule has 0 aliphatic carbocycles. The number of hydrogen-bond donors (Lipinski definition) is 0. The molecule has 2 aromatic heterocycles. The van der Waals surface area contributed by atoms with Crippen LogP contribution in [0.4, 0.5) is 23.7 Å². The molecule has 0 atom stereocenters. The summed E-state index contributed by atoms with van der Waals surface area (Å²) in [6, 6.07) is 9.56. The van der Waals surface area contributed by atoms with E-state index in [1.54, 1.807) is 27.8 Å². The van der Waals surface area contributed by atoms with Gasteiger partial charge in [-0.3, -0.25) is 9.58 Å². The minimum absolute atomic E-state index is 0.0214. The van der Waals surface area contributed by atoms with Crippen LogP contribution in [0.2, 0.25) is 0 Å². The van der Waals surface area contributed by atoms with Crippen molar-refractivity contribution in [3.63, 3.8) is 0 Å². The third kappa shape index (κ3) is 4.77. The summed E-state index contributed by atoms with van der Waals surface area (Å²) in [5.74, 6) is 0.0424. The maximum Gasteiger partial charge on any atom is 0.324 e. The summed E-state index contributed by atoms with van der Waals surface area (Å²) in [6.07, 6.45) is -1.14. The van der Waals surface area contributed by atoms with E-state index in [4.69, 9.17) is 4.42 Å². The lowest BCUT2D eigenvalue weighted by Crippen LogP contribution is -2.46. The number of carbonyl (C=O) groups excluding carboxylic acids is 1. The van der Waals surface area contributed by atoms with Crippen LogP contribution in [0.3, 0.4) is 0 Å². The monoisotopic (exact) mass is 516 g/mol. The Morgan fingerprint density at radius 1 is 1.17 bits per heavy atom. The molecule has 0 N–H and O–H groups in total. The van der Waals surface area contributed by atoms with E-state index in [1.165, 1.54) is 12.1 Å². The van der Waals surface area contributed by atoms with Gasteiger partial charge in [-0.15, -0.1) is 10.2 Å². The predicted octanol–water partition coefficient (Wildman–Crippen LogP) is 5.36. The van der Waals surface area contributed by atoms with Gasteiger partial charge in [0.1, 0.15) is 5.82 Å². The molecule has 1 fully saturated rings. The van der Waals surface area contributed by atoms with Crippen LogP contribution >= 0.6 is 11.8 Å². The van der Waals surface area contributed by atoms with Gasteiger partial charge in [-0.25, -0.2) is 9.18 Å². The first-order valence-electron chi connectivity index (χ1n) is 11.4. The second-order valence-corrected chi connectivity index (χ2v) is 9.45. The number of benzene rings is 2. The average Bonchev–Trinajstić information content (AvgIpc) is 3.55. The fourth-order valence-corrected chi connectivity index (χ4v) is 4.99. The molecule has 12 heteroatoms. The van der Waals surface area contributed by atoms with Gasteiger partial charge in [0.15, 0.2) is 0 Å². The topological polar surface area (TPSA) is 80.3 Å². The van der Waals surface area contributed by atoms with Crippen molar-refractivity contribution in [1.82, 2.24) is 24.9 Å². The Balaban J connectivity index is 1.48. The van der Waals surface area contributed by atoms with Crippen molar-refractivity contribution in [2.75, 3.05) is 29.5 Å². The lowest BCUT2D eigenvalue weighted by molar-refractivity contribution is 0.116. The van der Waals surface area contributed by atoms with Crippen molar-refractivity contribution in [2.24, 2.45) is 0 Å². The second-order valence-electron chi connectivity index (χ2n) is 8.22. The molecule has 36 heavy (non-hydrogen) atoms. The van der Waals surface area contributed by atoms with Crippen molar-refractivity contribution >= 4 is 34.4 Å². The van der Waals surface area contributed by atoms with Crippen LogP contribution in [0.25, 0.3) is 22.4 Å². The van der Waals surface area contributed by atoms with Gasteiger partial charge in [-0.05, 0) is 37.3 Å². The number of urea groups is 1. The highest BCUT2D eigenvalue weighted by Gasteiger charge is 2.26. The third-order valence-corrected chi connectivity index (χ3v) is 6.95. The Labute approximate surface area is 209 Å². The smallest absolute Gasteiger partial charge is 0.324 e. The van der Waals surface area contributed by atoms with Gasteiger partial charge in [0, 0.05) is 53.3 Å². The van der Waals surface area contributed by atoms with Gasteiger partial charge in [0.05, 0.1) is 18.3 Å². The number of fused-ring (bicyclic) bond motifs is 1. The van der Waals surface area contributed by atoms with Gasteiger partial charge in [-0.1, -0.05) is 6.07 Å². The number of aromatic nitrogens is 4. The maximum absolute atomic E-state index is 15.2. The van der Waals surface area contributed by atoms with Gasteiger partial charge >= 0.3 is 12.5 Å². The van der Waals surface area contributed by atoms with E-state index in [2.05, 4.69) is 15.3 Å². The van der Waals surface area contributed by atoms with E-state index in [9.17, 15) is 13.6 Å². The number of halogens is 3. The summed E-state index contributed by atoms with van der Waals surface area (Å²) in [6.45, 7) is 3.86. The van der Waals surface area contributed by atoms with Crippen molar-refractivity contribution in [3.8, 4) is 11.5 Å². The summed E-state index contributed by atoms with van der Waals surface area (Å²) in [4.78, 5) is 16.9. The Morgan fingerprint density at radius 2 is 1.97 bits per heavy atom. The molecule has 188 valence electrons. The minimum Gasteiger partial charge on any atom is -0.415 e. The first-order chi connectivity index (χ1) is 17.4. The van der Waals surface area contributed by atoms with Gasteiger partial charge in [-0.2, -0.15) is 25.6 Å². The average molecular weight is 517 g/mol. The summed E-state index contributed by atoms with van der Waals surface area (Å²) >= 11 is 1.79. The molecular formula is C24H23F3N6O2S. The fraction of sp³-hybridized carbons (Fsp3) is 0.333. The molecule has 2 amide bonds. The van der Waals surface area contributed by atoms with E-state index in [-0.39, 0.29) is 29.6 Å². The largest absolute Gasteiger partial charge is 0.415 e. The Morgan fingerprint density at radius 3 is 2.67 bits per heavy atom. The fourth-order valence-electron chi connectivity index (χ4n) is 4.09. The first-order valence-corrected chi connectivity index (χ1v) is 12.6. The number of rotatable bonds is 6. The highest BCUT2D eigenvalue weighted by atomic mass is 32.2.